The first-order chi connectivity index (χ1) is 7.74. The second-order valence-electron chi connectivity index (χ2n) is 3.73. The summed E-state index contributed by atoms with van der Waals surface area (Å²) in [6, 6.07) is 1.96. The van der Waals surface area contributed by atoms with E-state index in [9.17, 15) is 0 Å². The maximum absolute atomic E-state index is 4.30. The molecule has 0 saturated heterocycles. The molecule has 0 aliphatic carbocycles. The van der Waals surface area contributed by atoms with Gasteiger partial charge in [0.05, 0.1) is 6.33 Å². The molecule has 0 aromatic carbocycles. The summed E-state index contributed by atoms with van der Waals surface area (Å²) in [5.41, 5.74) is 3.07. The lowest BCUT2D eigenvalue weighted by Gasteiger charge is -2.05. The minimum absolute atomic E-state index is 0.692. The van der Waals surface area contributed by atoms with Crippen molar-refractivity contribution in [2.24, 2.45) is 0 Å². The summed E-state index contributed by atoms with van der Waals surface area (Å²) in [4.78, 5) is 15.6. The highest BCUT2D eigenvalue weighted by molar-refractivity contribution is 5.27. The molecule has 0 aliphatic heterocycles. The molecule has 5 heteroatoms. The topological polar surface area (TPSA) is 66.5 Å². The van der Waals surface area contributed by atoms with Crippen LogP contribution in [0.2, 0.25) is 0 Å². The molecule has 0 saturated carbocycles. The molecule has 2 heterocycles. The van der Waals surface area contributed by atoms with Gasteiger partial charge in [-0.2, -0.15) is 0 Å². The SMILES string of the molecule is Cc1cc(C)nc(NCCc2cnc[nH]2)n1. The second-order valence-corrected chi connectivity index (χ2v) is 3.73. The molecule has 2 N–H and O–H groups in total. The third-order valence-corrected chi connectivity index (χ3v) is 2.21. The molecule has 0 radical (unpaired) electrons. The fourth-order valence-corrected chi connectivity index (χ4v) is 1.54. The number of nitrogens with zero attached hydrogens (tertiary/aromatic N) is 3. The van der Waals surface area contributed by atoms with Crippen LogP contribution in [0.1, 0.15) is 17.1 Å². The van der Waals surface area contributed by atoms with Gasteiger partial charge in [-0.3, -0.25) is 0 Å². The summed E-state index contributed by atoms with van der Waals surface area (Å²) in [7, 11) is 0. The maximum atomic E-state index is 4.30. The van der Waals surface area contributed by atoms with E-state index >= 15 is 0 Å². The molecule has 0 amide bonds. The Bertz CT molecular complexity index is 429. The first-order valence-corrected chi connectivity index (χ1v) is 5.27. The number of aromatic nitrogens is 4. The van der Waals surface area contributed by atoms with Crippen LogP contribution < -0.4 is 5.32 Å². The molecule has 0 aliphatic rings. The fraction of sp³-hybridized carbons (Fsp3) is 0.364. The Kier molecular flexibility index (Phi) is 3.14. The highest BCUT2D eigenvalue weighted by Gasteiger charge is 1.99. The van der Waals surface area contributed by atoms with Crippen LogP contribution in [0.3, 0.4) is 0 Å². The predicted molar refractivity (Wildman–Crippen MR) is 62.3 cm³/mol. The Hall–Kier alpha value is -1.91. The molecule has 5 nitrogen and oxygen atoms in total. The molecule has 0 atom stereocenters. The average molecular weight is 217 g/mol. The Labute approximate surface area is 94.4 Å². The highest BCUT2D eigenvalue weighted by atomic mass is 15.1. The molecule has 2 aromatic heterocycles. The van der Waals surface area contributed by atoms with Crippen molar-refractivity contribution in [1.82, 2.24) is 19.9 Å². The number of aryl methyl sites for hydroxylation is 2. The fourth-order valence-electron chi connectivity index (χ4n) is 1.54. The lowest BCUT2D eigenvalue weighted by Crippen LogP contribution is -2.09. The van der Waals surface area contributed by atoms with Crippen molar-refractivity contribution in [2.75, 3.05) is 11.9 Å². The first kappa shape index (κ1) is 10.6. The average Bonchev–Trinajstić information content (AvgIpc) is 2.69. The quantitative estimate of drug-likeness (QED) is 0.814. The van der Waals surface area contributed by atoms with Crippen LogP contribution in [0.15, 0.2) is 18.6 Å². The van der Waals surface area contributed by atoms with Crippen molar-refractivity contribution in [3.63, 3.8) is 0 Å². The highest BCUT2D eigenvalue weighted by Crippen LogP contribution is 2.03. The largest absolute Gasteiger partial charge is 0.354 e. The summed E-state index contributed by atoms with van der Waals surface area (Å²) < 4.78 is 0. The zero-order chi connectivity index (χ0) is 11.4. The van der Waals surface area contributed by atoms with Gasteiger partial charge in [0.25, 0.3) is 0 Å². The van der Waals surface area contributed by atoms with E-state index in [-0.39, 0.29) is 0 Å². The minimum Gasteiger partial charge on any atom is -0.354 e. The summed E-state index contributed by atoms with van der Waals surface area (Å²) >= 11 is 0. The Balaban J connectivity index is 1.89. The van der Waals surface area contributed by atoms with E-state index in [0.717, 1.165) is 30.0 Å². The maximum Gasteiger partial charge on any atom is 0.223 e. The molecule has 0 bridgehead atoms. The van der Waals surface area contributed by atoms with Crippen LogP contribution in [0.25, 0.3) is 0 Å². The number of anilines is 1. The summed E-state index contributed by atoms with van der Waals surface area (Å²) in [6.07, 6.45) is 4.39. The number of hydrogen-bond acceptors (Lipinski definition) is 4. The summed E-state index contributed by atoms with van der Waals surface area (Å²) in [5, 5.41) is 3.19. The van der Waals surface area contributed by atoms with Gasteiger partial charge in [0, 0.05) is 36.2 Å². The zero-order valence-electron chi connectivity index (χ0n) is 9.49. The summed E-state index contributed by atoms with van der Waals surface area (Å²) in [5.74, 6) is 0.692. The molecule has 16 heavy (non-hydrogen) atoms. The molecule has 2 aromatic rings. The van der Waals surface area contributed by atoms with Gasteiger partial charge in [-0.25, -0.2) is 15.0 Å². The van der Waals surface area contributed by atoms with Gasteiger partial charge in [0.1, 0.15) is 0 Å². The van der Waals surface area contributed by atoms with Crippen molar-refractivity contribution in [3.05, 3.63) is 35.7 Å². The van der Waals surface area contributed by atoms with Gasteiger partial charge < -0.3 is 10.3 Å². The summed E-state index contributed by atoms with van der Waals surface area (Å²) in [6.45, 7) is 4.73. The standard InChI is InChI=1S/C11H15N5/c1-8-5-9(2)16-11(15-8)13-4-3-10-6-12-7-14-10/h5-7H,3-4H2,1-2H3,(H,12,14)(H,13,15,16). The van der Waals surface area contributed by atoms with E-state index in [4.69, 9.17) is 0 Å². The number of imidazole rings is 1. The minimum atomic E-state index is 0.692. The van der Waals surface area contributed by atoms with Crippen LogP contribution in [0, 0.1) is 13.8 Å². The Morgan fingerprint density at radius 3 is 2.62 bits per heavy atom. The lowest BCUT2D eigenvalue weighted by atomic mass is 10.3. The van der Waals surface area contributed by atoms with E-state index in [1.54, 1.807) is 6.33 Å². The molecular weight excluding hydrogens is 202 g/mol. The van der Waals surface area contributed by atoms with Gasteiger partial charge >= 0.3 is 0 Å². The second kappa shape index (κ2) is 4.74. The van der Waals surface area contributed by atoms with E-state index in [0.29, 0.717) is 5.95 Å². The van der Waals surface area contributed by atoms with E-state index in [2.05, 4.69) is 25.3 Å². The van der Waals surface area contributed by atoms with Gasteiger partial charge in [0.2, 0.25) is 5.95 Å². The van der Waals surface area contributed by atoms with Gasteiger partial charge in [0.15, 0.2) is 0 Å². The van der Waals surface area contributed by atoms with E-state index in [1.807, 2.05) is 26.1 Å². The van der Waals surface area contributed by atoms with Gasteiger partial charge in [-0.1, -0.05) is 0 Å². The van der Waals surface area contributed by atoms with Crippen molar-refractivity contribution >= 4 is 5.95 Å². The zero-order valence-corrected chi connectivity index (χ0v) is 9.49. The lowest BCUT2D eigenvalue weighted by molar-refractivity contribution is 0.940. The van der Waals surface area contributed by atoms with Crippen molar-refractivity contribution < 1.29 is 0 Å². The molecule has 0 spiro atoms. The molecule has 84 valence electrons. The normalized spacial score (nSPS) is 10.4. The number of hydrogen-bond donors (Lipinski definition) is 2. The monoisotopic (exact) mass is 217 g/mol. The number of nitrogens with one attached hydrogen (secondary N) is 2. The Morgan fingerprint density at radius 1 is 1.25 bits per heavy atom. The van der Waals surface area contributed by atoms with Crippen LogP contribution in [-0.4, -0.2) is 26.5 Å². The molecule has 2 rings (SSSR count). The van der Waals surface area contributed by atoms with Crippen LogP contribution in [-0.2, 0) is 6.42 Å². The van der Waals surface area contributed by atoms with Crippen LogP contribution in [0.4, 0.5) is 5.95 Å². The molecular formula is C11H15N5. The predicted octanol–water partition coefficient (Wildman–Crippen LogP) is 1.47. The Morgan fingerprint density at radius 2 is 2.00 bits per heavy atom. The van der Waals surface area contributed by atoms with Crippen molar-refractivity contribution in [1.29, 1.82) is 0 Å². The van der Waals surface area contributed by atoms with Gasteiger partial charge in [-0.15, -0.1) is 0 Å². The van der Waals surface area contributed by atoms with Crippen molar-refractivity contribution in [2.45, 2.75) is 20.3 Å². The number of aromatic amines is 1. The van der Waals surface area contributed by atoms with Gasteiger partial charge in [-0.05, 0) is 19.9 Å². The van der Waals surface area contributed by atoms with E-state index in [1.165, 1.54) is 0 Å². The smallest absolute Gasteiger partial charge is 0.223 e. The number of rotatable bonds is 4. The number of H-pyrrole nitrogens is 1. The third kappa shape index (κ3) is 2.79. The molecule has 0 unspecified atom stereocenters. The van der Waals surface area contributed by atoms with E-state index < -0.39 is 0 Å². The molecule has 0 fully saturated rings. The third-order valence-electron chi connectivity index (χ3n) is 2.21. The van der Waals surface area contributed by atoms with Crippen LogP contribution >= 0.6 is 0 Å². The first-order valence-electron chi connectivity index (χ1n) is 5.27. The van der Waals surface area contributed by atoms with Crippen LogP contribution in [0.5, 0.6) is 0 Å². The van der Waals surface area contributed by atoms with Crippen molar-refractivity contribution in [3.8, 4) is 0 Å².